The summed E-state index contributed by atoms with van der Waals surface area (Å²) in [6, 6.07) is 4.97. The average molecular weight is 416 g/mol. The largest absolute Gasteiger partial charge is 0.507 e. The molecule has 164 valence electrons. The lowest BCUT2D eigenvalue weighted by Gasteiger charge is -2.24. The van der Waals surface area contributed by atoms with Gasteiger partial charge >= 0.3 is 5.97 Å². The van der Waals surface area contributed by atoms with Crippen LogP contribution in [-0.2, 0) is 16.0 Å². The summed E-state index contributed by atoms with van der Waals surface area (Å²) in [5.41, 5.74) is 0.856. The molecule has 30 heavy (non-hydrogen) atoms. The lowest BCUT2D eigenvalue weighted by atomic mass is 9.93. The molecule has 1 aromatic carbocycles. The van der Waals surface area contributed by atoms with Crippen LogP contribution in [-0.4, -0.2) is 34.3 Å². The van der Waals surface area contributed by atoms with E-state index in [0.29, 0.717) is 31.2 Å². The van der Waals surface area contributed by atoms with Gasteiger partial charge in [0.05, 0.1) is 6.10 Å². The van der Waals surface area contributed by atoms with Crippen molar-refractivity contribution in [1.29, 1.82) is 0 Å². The third-order valence-corrected chi connectivity index (χ3v) is 5.30. The number of aliphatic hydroxyl groups is 1. The summed E-state index contributed by atoms with van der Waals surface area (Å²) < 4.78 is 5.67. The van der Waals surface area contributed by atoms with E-state index >= 15 is 0 Å². The Morgan fingerprint density at radius 3 is 2.90 bits per heavy atom. The van der Waals surface area contributed by atoms with E-state index in [1.54, 1.807) is 24.4 Å². The monoisotopic (exact) mass is 415 g/mol. The van der Waals surface area contributed by atoms with Crippen LogP contribution in [0.4, 0.5) is 0 Å². The minimum Gasteiger partial charge on any atom is -0.507 e. The molecule has 1 amide bonds. The zero-order valence-electron chi connectivity index (χ0n) is 17.8. The highest BCUT2D eigenvalue weighted by molar-refractivity contribution is 5.94. The first-order valence-electron chi connectivity index (χ1n) is 10.7. The van der Waals surface area contributed by atoms with Gasteiger partial charge < -0.3 is 20.3 Å². The minimum absolute atomic E-state index is 0.0169. The quantitative estimate of drug-likeness (QED) is 0.482. The van der Waals surface area contributed by atoms with E-state index in [1.165, 1.54) is 6.07 Å². The molecule has 0 bridgehead atoms. The minimum atomic E-state index is -0.636. The maximum atomic E-state index is 12.8. The molecule has 0 saturated carbocycles. The first-order chi connectivity index (χ1) is 14.4. The summed E-state index contributed by atoms with van der Waals surface area (Å²) in [7, 11) is 0. The van der Waals surface area contributed by atoms with E-state index in [4.69, 9.17) is 4.74 Å². The number of phenolic OH excluding ortho intramolecular Hbond substituents is 1. The standard InChI is InChI=1S/C24H33NO5/c1-3-4-14-22(28)25-15-8-12-19-16-21(27)17(2)9-5-6-10-18-11-7-13-20(26)23(18)24(29)30-19/h5-8,11,13,15,17,19,21,26-27H,3-4,9-10,12,14,16H2,1-2H3,(H,25,28)/b6-5-,15-8+. The van der Waals surface area contributed by atoms with Gasteiger partial charge in [0.15, 0.2) is 0 Å². The van der Waals surface area contributed by atoms with Gasteiger partial charge in [-0.15, -0.1) is 0 Å². The first kappa shape index (κ1) is 23.7. The number of fused-ring (bicyclic) bond motifs is 1. The number of cyclic esters (lactones) is 1. The second-order valence-corrected chi connectivity index (χ2v) is 7.84. The number of carbonyl (C=O) groups excluding carboxylic acids is 2. The van der Waals surface area contributed by atoms with Crippen LogP contribution in [0.5, 0.6) is 5.75 Å². The van der Waals surface area contributed by atoms with E-state index in [0.717, 1.165) is 12.8 Å². The number of aromatic hydroxyl groups is 1. The third kappa shape index (κ3) is 7.34. The van der Waals surface area contributed by atoms with Gasteiger partial charge in [0, 0.05) is 19.3 Å². The van der Waals surface area contributed by atoms with Crippen molar-refractivity contribution in [3.63, 3.8) is 0 Å². The Balaban J connectivity index is 2.14. The zero-order chi connectivity index (χ0) is 21.9. The number of unbranched alkanes of at least 4 members (excludes halogenated alkanes) is 1. The van der Waals surface area contributed by atoms with Crippen molar-refractivity contribution in [3.8, 4) is 5.75 Å². The van der Waals surface area contributed by atoms with Crippen molar-refractivity contribution in [2.45, 2.75) is 71.0 Å². The second kappa shape index (κ2) is 12.2. The topological polar surface area (TPSA) is 95.9 Å². The lowest BCUT2D eigenvalue weighted by Crippen LogP contribution is -2.28. The van der Waals surface area contributed by atoms with Crippen molar-refractivity contribution in [2.24, 2.45) is 5.92 Å². The van der Waals surface area contributed by atoms with Gasteiger partial charge in [-0.25, -0.2) is 4.79 Å². The lowest BCUT2D eigenvalue weighted by molar-refractivity contribution is -0.120. The number of rotatable bonds is 6. The molecule has 0 spiro atoms. The van der Waals surface area contributed by atoms with Crippen LogP contribution >= 0.6 is 0 Å². The van der Waals surface area contributed by atoms with E-state index in [-0.39, 0.29) is 29.6 Å². The molecule has 1 aromatic rings. The fourth-order valence-electron chi connectivity index (χ4n) is 3.36. The highest BCUT2D eigenvalue weighted by atomic mass is 16.5. The van der Waals surface area contributed by atoms with Crippen LogP contribution < -0.4 is 5.32 Å². The highest BCUT2D eigenvalue weighted by Crippen LogP contribution is 2.26. The molecule has 6 heteroatoms. The van der Waals surface area contributed by atoms with Gasteiger partial charge in [0.25, 0.3) is 0 Å². The summed E-state index contributed by atoms with van der Waals surface area (Å²) in [5.74, 6) is -0.761. The summed E-state index contributed by atoms with van der Waals surface area (Å²) in [6.07, 6.45) is 10.1. The molecule has 6 nitrogen and oxygen atoms in total. The molecule has 0 aromatic heterocycles. The Hall–Kier alpha value is -2.60. The molecule has 0 aliphatic carbocycles. The van der Waals surface area contributed by atoms with Crippen LogP contribution in [0, 0.1) is 5.92 Å². The van der Waals surface area contributed by atoms with E-state index in [2.05, 4.69) is 5.32 Å². The van der Waals surface area contributed by atoms with Gasteiger partial charge in [0.1, 0.15) is 17.4 Å². The predicted molar refractivity (Wildman–Crippen MR) is 116 cm³/mol. The molecule has 0 saturated heterocycles. The number of hydrogen-bond acceptors (Lipinski definition) is 5. The van der Waals surface area contributed by atoms with Gasteiger partial charge in [-0.3, -0.25) is 4.79 Å². The Kier molecular flexibility index (Phi) is 9.61. The molecule has 3 unspecified atom stereocenters. The number of ether oxygens (including phenoxy) is 1. The van der Waals surface area contributed by atoms with Crippen LogP contribution in [0.3, 0.4) is 0 Å². The van der Waals surface area contributed by atoms with E-state index in [9.17, 15) is 19.8 Å². The number of nitrogens with one attached hydrogen (secondary N) is 1. The average Bonchev–Trinajstić information content (AvgIpc) is 2.71. The molecule has 0 fully saturated rings. The number of aliphatic hydroxyl groups excluding tert-OH is 1. The number of carbonyl (C=O) groups is 2. The molecule has 1 aliphatic heterocycles. The number of amides is 1. The summed E-state index contributed by atoms with van der Waals surface area (Å²) in [4.78, 5) is 24.5. The molecule has 1 heterocycles. The number of esters is 1. The molecule has 1 aliphatic rings. The summed E-state index contributed by atoms with van der Waals surface area (Å²) in [5, 5.41) is 23.5. The fourth-order valence-corrected chi connectivity index (χ4v) is 3.36. The van der Waals surface area contributed by atoms with Gasteiger partial charge in [-0.2, -0.15) is 0 Å². The third-order valence-electron chi connectivity index (χ3n) is 5.30. The fraction of sp³-hybridized carbons (Fsp3) is 0.500. The Morgan fingerprint density at radius 1 is 1.33 bits per heavy atom. The SMILES string of the molecule is CCCCC(=O)N/C=C/CC1CC(O)C(C)C/C=C\Cc2cccc(O)c2C(=O)O1. The molecule has 0 radical (unpaired) electrons. The number of allylic oxidation sites excluding steroid dienone is 2. The van der Waals surface area contributed by atoms with Crippen molar-refractivity contribution in [3.05, 3.63) is 53.8 Å². The van der Waals surface area contributed by atoms with Crippen LogP contribution in [0.15, 0.2) is 42.6 Å². The number of hydrogen-bond donors (Lipinski definition) is 3. The smallest absolute Gasteiger partial charge is 0.342 e. The van der Waals surface area contributed by atoms with Crippen LogP contribution in [0.1, 0.15) is 68.3 Å². The Labute approximate surface area is 178 Å². The van der Waals surface area contributed by atoms with Crippen LogP contribution in [0.2, 0.25) is 0 Å². The number of benzene rings is 1. The van der Waals surface area contributed by atoms with Crippen molar-refractivity contribution < 1.29 is 24.5 Å². The Bertz CT molecular complexity index is 771. The second-order valence-electron chi connectivity index (χ2n) is 7.84. The molecule has 2 rings (SSSR count). The highest BCUT2D eigenvalue weighted by Gasteiger charge is 2.25. The normalized spacial score (nSPS) is 23.7. The van der Waals surface area contributed by atoms with Crippen molar-refractivity contribution in [1.82, 2.24) is 5.32 Å². The maximum Gasteiger partial charge on any atom is 0.342 e. The number of phenols is 1. The first-order valence-corrected chi connectivity index (χ1v) is 10.7. The summed E-state index contributed by atoms with van der Waals surface area (Å²) in [6.45, 7) is 3.99. The van der Waals surface area contributed by atoms with Crippen molar-refractivity contribution in [2.75, 3.05) is 0 Å². The van der Waals surface area contributed by atoms with Crippen LogP contribution in [0.25, 0.3) is 0 Å². The van der Waals surface area contributed by atoms with Gasteiger partial charge in [0.2, 0.25) is 5.91 Å². The summed E-state index contributed by atoms with van der Waals surface area (Å²) >= 11 is 0. The van der Waals surface area contributed by atoms with Crippen molar-refractivity contribution >= 4 is 11.9 Å². The zero-order valence-corrected chi connectivity index (χ0v) is 17.8. The van der Waals surface area contributed by atoms with Gasteiger partial charge in [-0.05, 0) is 43.0 Å². The molecule has 3 atom stereocenters. The molecular formula is C24H33NO5. The maximum absolute atomic E-state index is 12.8. The molecule has 3 N–H and O–H groups in total. The predicted octanol–water partition coefficient (Wildman–Crippen LogP) is 4.02. The molecular weight excluding hydrogens is 382 g/mol. The Morgan fingerprint density at radius 2 is 2.13 bits per heavy atom. The van der Waals surface area contributed by atoms with Gasteiger partial charge in [-0.1, -0.05) is 50.6 Å². The van der Waals surface area contributed by atoms with E-state index in [1.807, 2.05) is 26.0 Å². The van der Waals surface area contributed by atoms with E-state index < -0.39 is 18.2 Å².